The van der Waals surface area contributed by atoms with Crippen molar-refractivity contribution in [3.8, 4) is 0 Å². The Kier molecular flexibility index (Phi) is 1.34. The number of hydrogen-bond acceptors (Lipinski definition) is 3. The van der Waals surface area contributed by atoms with Gasteiger partial charge in [-0.1, -0.05) is 19.3 Å². The zero-order chi connectivity index (χ0) is 7.95. The van der Waals surface area contributed by atoms with Crippen molar-refractivity contribution < 1.29 is 0 Å². The van der Waals surface area contributed by atoms with Crippen LogP contribution in [0, 0.1) is 0 Å². The van der Waals surface area contributed by atoms with Gasteiger partial charge in [0.25, 0.3) is 0 Å². The smallest absolute Gasteiger partial charge is 0.205 e. The molecule has 0 unspecified atom stereocenters. The first-order chi connectivity index (χ1) is 5.16. The Bertz CT molecular complexity index is 186. The topological polar surface area (TPSA) is 50.7 Å². The molecule has 1 heterocycles. The lowest BCUT2D eigenvalue weighted by molar-refractivity contribution is 0.230. The van der Waals surface area contributed by atoms with Gasteiger partial charge in [0.1, 0.15) is 0 Å². The molecule has 11 heavy (non-hydrogen) atoms. The third-order valence-electron chi connectivity index (χ3n) is 3.09. The first kappa shape index (κ1) is 7.22. The molecule has 0 spiro atoms. The lowest BCUT2D eigenvalue weighted by Gasteiger charge is -2.35. The van der Waals surface area contributed by atoms with Crippen molar-refractivity contribution in [1.29, 1.82) is 0 Å². The molecule has 0 amide bonds. The Hall–Kier alpha value is -0.440. The van der Waals surface area contributed by atoms with Gasteiger partial charge in [0, 0.05) is 0 Å². The zero-order valence-electron chi connectivity index (χ0n) is 7.01. The van der Waals surface area contributed by atoms with Crippen LogP contribution in [-0.2, 0) is 0 Å². The second-order valence-corrected chi connectivity index (χ2v) is 3.94. The molecule has 2 aliphatic rings. The van der Waals surface area contributed by atoms with Crippen LogP contribution >= 0.6 is 0 Å². The Morgan fingerprint density at radius 1 is 1.09 bits per heavy atom. The van der Waals surface area contributed by atoms with Crippen LogP contribution in [0.1, 0.15) is 39.0 Å². The summed E-state index contributed by atoms with van der Waals surface area (Å²) in [7, 11) is 0. The quantitative estimate of drug-likeness (QED) is 0.613. The molecule has 2 N–H and O–H groups in total. The molecule has 0 bridgehead atoms. The van der Waals surface area contributed by atoms with Crippen LogP contribution in [0.15, 0.2) is 10.2 Å². The minimum atomic E-state index is -0.215. The van der Waals surface area contributed by atoms with Crippen LogP contribution < -0.4 is 5.73 Å². The highest BCUT2D eigenvalue weighted by molar-refractivity contribution is 5.10. The van der Waals surface area contributed by atoms with E-state index in [1.807, 2.05) is 6.92 Å². The molecule has 1 aliphatic carbocycles. The van der Waals surface area contributed by atoms with Gasteiger partial charge >= 0.3 is 0 Å². The SMILES string of the molecule is CC1(C2(N)CCCCC2)N=N1. The highest BCUT2D eigenvalue weighted by Crippen LogP contribution is 2.44. The van der Waals surface area contributed by atoms with E-state index in [1.165, 1.54) is 19.3 Å². The van der Waals surface area contributed by atoms with Gasteiger partial charge in [-0.3, -0.25) is 0 Å². The second-order valence-electron chi connectivity index (χ2n) is 3.94. The first-order valence-corrected chi connectivity index (χ1v) is 4.39. The molecule has 3 heteroatoms. The molecule has 2 rings (SSSR count). The molecule has 1 fully saturated rings. The lowest BCUT2D eigenvalue weighted by Crippen LogP contribution is -2.53. The number of rotatable bonds is 1. The average molecular weight is 153 g/mol. The van der Waals surface area contributed by atoms with Gasteiger partial charge in [0.2, 0.25) is 5.66 Å². The summed E-state index contributed by atoms with van der Waals surface area (Å²) in [6.07, 6.45) is 6.01. The van der Waals surface area contributed by atoms with Crippen LogP contribution in [-0.4, -0.2) is 11.2 Å². The predicted molar refractivity (Wildman–Crippen MR) is 43.3 cm³/mol. The van der Waals surface area contributed by atoms with E-state index in [1.54, 1.807) is 0 Å². The van der Waals surface area contributed by atoms with Gasteiger partial charge in [-0.25, -0.2) is 0 Å². The van der Waals surface area contributed by atoms with Gasteiger partial charge in [-0.2, -0.15) is 10.2 Å². The molecule has 0 aromatic heterocycles. The minimum Gasteiger partial charge on any atom is -0.321 e. The summed E-state index contributed by atoms with van der Waals surface area (Å²) < 4.78 is 0. The van der Waals surface area contributed by atoms with Crippen LogP contribution in [0.25, 0.3) is 0 Å². The maximum Gasteiger partial charge on any atom is 0.205 e. The van der Waals surface area contributed by atoms with E-state index >= 15 is 0 Å². The lowest BCUT2D eigenvalue weighted by atomic mass is 9.76. The Balaban J connectivity index is 2.07. The van der Waals surface area contributed by atoms with Crippen LogP contribution in [0.2, 0.25) is 0 Å². The molecule has 0 atom stereocenters. The standard InChI is InChI=1S/C8H15N3/c1-7(10-11-7)8(9)5-3-2-4-6-8/h2-6,9H2,1H3. The van der Waals surface area contributed by atoms with Crippen molar-refractivity contribution in [2.24, 2.45) is 16.0 Å². The van der Waals surface area contributed by atoms with Crippen LogP contribution in [0.4, 0.5) is 0 Å². The van der Waals surface area contributed by atoms with Gasteiger partial charge < -0.3 is 5.73 Å². The number of hydrogen-bond donors (Lipinski definition) is 1. The molecule has 1 saturated carbocycles. The Labute approximate surface area is 67.1 Å². The summed E-state index contributed by atoms with van der Waals surface area (Å²) in [6.45, 7) is 2.04. The fraction of sp³-hybridized carbons (Fsp3) is 1.00. The summed E-state index contributed by atoms with van der Waals surface area (Å²) in [4.78, 5) is 0. The molecule has 0 aromatic carbocycles. The highest BCUT2D eigenvalue weighted by Gasteiger charge is 2.53. The molecule has 1 aliphatic heterocycles. The van der Waals surface area contributed by atoms with Gasteiger partial charge in [-0.05, 0) is 19.8 Å². The fourth-order valence-corrected chi connectivity index (χ4v) is 1.93. The minimum absolute atomic E-state index is 0.106. The molecule has 0 aromatic rings. The van der Waals surface area contributed by atoms with E-state index in [0.29, 0.717) is 0 Å². The third kappa shape index (κ3) is 0.984. The normalized spacial score (nSPS) is 31.8. The van der Waals surface area contributed by atoms with Gasteiger partial charge in [-0.15, -0.1) is 0 Å². The zero-order valence-corrected chi connectivity index (χ0v) is 7.01. The molecule has 0 saturated heterocycles. The second kappa shape index (κ2) is 2.03. The van der Waals surface area contributed by atoms with Gasteiger partial charge in [0.15, 0.2) is 0 Å². The summed E-state index contributed by atoms with van der Waals surface area (Å²) in [6, 6.07) is 0. The summed E-state index contributed by atoms with van der Waals surface area (Å²) in [5.41, 5.74) is 5.89. The monoisotopic (exact) mass is 153 g/mol. The maximum atomic E-state index is 6.21. The van der Waals surface area contributed by atoms with Crippen LogP contribution in [0.5, 0.6) is 0 Å². The van der Waals surface area contributed by atoms with E-state index in [9.17, 15) is 0 Å². The van der Waals surface area contributed by atoms with Crippen molar-refractivity contribution in [1.82, 2.24) is 0 Å². The highest BCUT2D eigenvalue weighted by atomic mass is 15.5. The molecular formula is C8H15N3. The van der Waals surface area contributed by atoms with Crippen molar-refractivity contribution >= 4 is 0 Å². The maximum absolute atomic E-state index is 6.21. The van der Waals surface area contributed by atoms with E-state index < -0.39 is 0 Å². The third-order valence-corrected chi connectivity index (χ3v) is 3.09. The van der Waals surface area contributed by atoms with Crippen molar-refractivity contribution in [3.05, 3.63) is 0 Å². The number of nitrogens with two attached hydrogens (primary N) is 1. The Morgan fingerprint density at radius 2 is 1.64 bits per heavy atom. The Morgan fingerprint density at radius 3 is 2.09 bits per heavy atom. The summed E-state index contributed by atoms with van der Waals surface area (Å²) in [5, 5.41) is 8.06. The van der Waals surface area contributed by atoms with E-state index in [4.69, 9.17) is 5.73 Å². The first-order valence-electron chi connectivity index (χ1n) is 4.39. The van der Waals surface area contributed by atoms with Crippen LogP contribution in [0.3, 0.4) is 0 Å². The van der Waals surface area contributed by atoms with E-state index in [0.717, 1.165) is 12.8 Å². The molecule has 3 nitrogen and oxygen atoms in total. The largest absolute Gasteiger partial charge is 0.321 e. The molecule has 62 valence electrons. The molecule has 0 radical (unpaired) electrons. The van der Waals surface area contributed by atoms with Crippen molar-refractivity contribution in [3.63, 3.8) is 0 Å². The van der Waals surface area contributed by atoms with E-state index in [-0.39, 0.29) is 11.2 Å². The predicted octanol–water partition coefficient (Wildman–Crippen LogP) is 1.83. The summed E-state index contributed by atoms with van der Waals surface area (Å²) >= 11 is 0. The average Bonchev–Trinajstić information content (AvgIpc) is 2.71. The van der Waals surface area contributed by atoms with E-state index in [2.05, 4.69) is 10.2 Å². The summed E-state index contributed by atoms with van der Waals surface area (Å²) in [5.74, 6) is 0. The number of nitrogens with zero attached hydrogens (tertiary/aromatic N) is 2. The van der Waals surface area contributed by atoms with Gasteiger partial charge in [0.05, 0.1) is 5.54 Å². The fourth-order valence-electron chi connectivity index (χ4n) is 1.93. The molecular weight excluding hydrogens is 138 g/mol. The van der Waals surface area contributed by atoms with Crippen molar-refractivity contribution in [2.75, 3.05) is 0 Å². The van der Waals surface area contributed by atoms with Crippen molar-refractivity contribution in [2.45, 2.75) is 50.2 Å².